The molecule has 0 saturated carbocycles. The Kier molecular flexibility index (Phi) is 4.69. The Morgan fingerprint density at radius 3 is 2.75 bits per heavy atom. The maximum absolute atomic E-state index is 14.3. The Balaban J connectivity index is 2.27. The van der Waals surface area contributed by atoms with Gasteiger partial charge >= 0.3 is 0 Å². The van der Waals surface area contributed by atoms with Crippen LogP contribution in [0, 0.1) is 11.2 Å². The van der Waals surface area contributed by atoms with Crippen molar-refractivity contribution < 1.29 is 4.39 Å². The highest BCUT2D eigenvalue weighted by Crippen LogP contribution is 2.36. The molecule has 0 aliphatic carbocycles. The molecular weight excluding hydrogens is 251 g/mol. The van der Waals surface area contributed by atoms with Crippen molar-refractivity contribution in [1.29, 1.82) is 0 Å². The summed E-state index contributed by atoms with van der Waals surface area (Å²) in [5.41, 5.74) is 2.20. The van der Waals surface area contributed by atoms with E-state index in [1.807, 2.05) is 6.07 Å². The monoisotopic (exact) mass is 278 g/mol. The van der Waals surface area contributed by atoms with Crippen LogP contribution in [0.2, 0.25) is 0 Å². The van der Waals surface area contributed by atoms with Crippen LogP contribution in [-0.4, -0.2) is 19.6 Å². The van der Waals surface area contributed by atoms with Gasteiger partial charge in [0.05, 0.1) is 0 Å². The zero-order valence-electron chi connectivity index (χ0n) is 13.2. The van der Waals surface area contributed by atoms with E-state index in [-0.39, 0.29) is 11.9 Å². The molecule has 2 rings (SSSR count). The van der Waals surface area contributed by atoms with E-state index in [1.54, 1.807) is 6.07 Å². The smallest absolute Gasteiger partial charge is 0.130 e. The molecule has 1 aliphatic heterocycles. The lowest BCUT2D eigenvalue weighted by Gasteiger charge is -2.27. The summed E-state index contributed by atoms with van der Waals surface area (Å²) in [6, 6.07) is 5.51. The number of nitrogens with one attached hydrogen (secondary N) is 1. The molecule has 0 aromatic heterocycles. The molecule has 1 fully saturated rings. The third kappa shape index (κ3) is 3.32. The molecule has 1 N–H and O–H groups in total. The molecule has 1 unspecified atom stereocenters. The van der Waals surface area contributed by atoms with E-state index in [0.29, 0.717) is 5.41 Å². The largest absolute Gasteiger partial charge is 0.371 e. The predicted octanol–water partition coefficient (Wildman–Crippen LogP) is 4.12. The van der Waals surface area contributed by atoms with Gasteiger partial charge in [-0.15, -0.1) is 0 Å². The average Bonchev–Trinajstić information content (AvgIpc) is 2.76. The first-order chi connectivity index (χ1) is 9.44. The van der Waals surface area contributed by atoms with Crippen molar-refractivity contribution in [3.8, 4) is 0 Å². The van der Waals surface area contributed by atoms with Crippen molar-refractivity contribution in [3.05, 3.63) is 29.6 Å². The van der Waals surface area contributed by atoms with Crippen molar-refractivity contribution >= 4 is 5.69 Å². The average molecular weight is 278 g/mol. The van der Waals surface area contributed by atoms with Gasteiger partial charge < -0.3 is 10.2 Å². The van der Waals surface area contributed by atoms with Gasteiger partial charge in [-0.2, -0.15) is 0 Å². The summed E-state index contributed by atoms with van der Waals surface area (Å²) in [6.45, 7) is 11.7. The summed E-state index contributed by atoms with van der Waals surface area (Å²) in [4.78, 5) is 2.34. The molecular formula is C17H27FN2. The van der Waals surface area contributed by atoms with E-state index in [9.17, 15) is 4.39 Å². The van der Waals surface area contributed by atoms with Crippen LogP contribution < -0.4 is 10.2 Å². The highest BCUT2D eigenvalue weighted by atomic mass is 19.1. The second-order valence-corrected chi connectivity index (χ2v) is 6.68. The molecule has 1 aliphatic rings. The summed E-state index contributed by atoms with van der Waals surface area (Å²) in [7, 11) is 0. The number of halogens is 1. The van der Waals surface area contributed by atoms with Crippen LogP contribution in [0.4, 0.5) is 10.1 Å². The molecule has 3 heteroatoms. The fourth-order valence-electron chi connectivity index (χ4n) is 3.01. The Hall–Kier alpha value is -1.09. The third-order valence-electron chi connectivity index (χ3n) is 4.18. The first-order valence-electron chi connectivity index (χ1n) is 7.71. The number of benzene rings is 1. The standard InChI is InChI=1S/C17H27FN2/c1-5-10-19-13(2)16-14(18)7-6-8-15(16)20-11-9-17(3,4)12-20/h6-8,13,19H,5,9-12H2,1-4H3. The van der Waals surface area contributed by atoms with E-state index < -0.39 is 0 Å². The lowest BCUT2D eigenvalue weighted by atomic mass is 9.93. The molecule has 1 aromatic carbocycles. The zero-order chi connectivity index (χ0) is 14.8. The number of hydrogen-bond donors (Lipinski definition) is 1. The van der Waals surface area contributed by atoms with E-state index in [1.165, 1.54) is 6.42 Å². The van der Waals surface area contributed by atoms with Gasteiger partial charge in [0.15, 0.2) is 0 Å². The van der Waals surface area contributed by atoms with Crippen LogP contribution in [-0.2, 0) is 0 Å². The maximum atomic E-state index is 14.3. The van der Waals surface area contributed by atoms with Crippen LogP contribution in [0.1, 0.15) is 52.1 Å². The van der Waals surface area contributed by atoms with Crippen LogP contribution in [0.15, 0.2) is 18.2 Å². The van der Waals surface area contributed by atoms with Crippen molar-refractivity contribution in [3.63, 3.8) is 0 Å². The first kappa shape index (κ1) is 15.3. The number of nitrogens with zero attached hydrogens (tertiary/aromatic N) is 1. The van der Waals surface area contributed by atoms with Crippen LogP contribution in [0.25, 0.3) is 0 Å². The summed E-state index contributed by atoms with van der Waals surface area (Å²) < 4.78 is 14.3. The molecule has 0 radical (unpaired) electrons. The molecule has 0 amide bonds. The first-order valence-corrected chi connectivity index (χ1v) is 7.71. The molecule has 1 heterocycles. The van der Waals surface area contributed by atoms with Crippen LogP contribution in [0.3, 0.4) is 0 Å². The lowest BCUT2D eigenvalue weighted by Crippen LogP contribution is -2.27. The van der Waals surface area contributed by atoms with Crippen LogP contribution in [0.5, 0.6) is 0 Å². The Labute approximate surface area is 122 Å². The number of anilines is 1. The highest BCUT2D eigenvalue weighted by molar-refractivity contribution is 5.56. The molecule has 0 spiro atoms. The van der Waals surface area contributed by atoms with Crippen molar-refractivity contribution in [2.24, 2.45) is 5.41 Å². The Morgan fingerprint density at radius 1 is 1.40 bits per heavy atom. The third-order valence-corrected chi connectivity index (χ3v) is 4.18. The maximum Gasteiger partial charge on any atom is 0.130 e. The van der Waals surface area contributed by atoms with Crippen molar-refractivity contribution in [2.75, 3.05) is 24.5 Å². The molecule has 1 aromatic rings. The van der Waals surface area contributed by atoms with Gasteiger partial charge in [-0.25, -0.2) is 4.39 Å². The van der Waals surface area contributed by atoms with Gasteiger partial charge in [-0.05, 0) is 43.9 Å². The summed E-state index contributed by atoms with van der Waals surface area (Å²) in [5.74, 6) is -0.0942. The van der Waals surface area contributed by atoms with Gasteiger partial charge in [-0.3, -0.25) is 0 Å². The SMILES string of the molecule is CCCNC(C)c1c(F)cccc1N1CCC(C)(C)C1. The number of rotatable bonds is 5. The van der Waals surface area contributed by atoms with E-state index in [4.69, 9.17) is 0 Å². The van der Waals surface area contributed by atoms with E-state index in [2.05, 4.69) is 44.0 Å². The Morgan fingerprint density at radius 2 is 2.15 bits per heavy atom. The van der Waals surface area contributed by atoms with Gasteiger partial charge in [0.2, 0.25) is 0 Å². The van der Waals surface area contributed by atoms with Gasteiger partial charge in [0.1, 0.15) is 5.82 Å². The summed E-state index contributed by atoms with van der Waals surface area (Å²) in [6.07, 6.45) is 2.23. The quantitative estimate of drug-likeness (QED) is 0.871. The van der Waals surface area contributed by atoms with E-state index in [0.717, 1.165) is 37.3 Å². The summed E-state index contributed by atoms with van der Waals surface area (Å²) in [5, 5.41) is 3.41. The fourth-order valence-corrected chi connectivity index (χ4v) is 3.01. The number of hydrogen-bond acceptors (Lipinski definition) is 2. The van der Waals surface area contributed by atoms with E-state index >= 15 is 0 Å². The Bertz CT molecular complexity index is 456. The topological polar surface area (TPSA) is 15.3 Å². The normalized spacial score (nSPS) is 19.4. The highest BCUT2D eigenvalue weighted by Gasteiger charge is 2.31. The zero-order valence-corrected chi connectivity index (χ0v) is 13.2. The minimum absolute atomic E-state index is 0.0508. The molecule has 112 valence electrons. The second-order valence-electron chi connectivity index (χ2n) is 6.68. The molecule has 20 heavy (non-hydrogen) atoms. The van der Waals surface area contributed by atoms with Crippen molar-refractivity contribution in [1.82, 2.24) is 5.32 Å². The fraction of sp³-hybridized carbons (Fsp3) is 0.647. The molecule has 1 atom stereocenters. The minimum atomic E-state index is -0.0942. The minimum Gasteiger partial charge on any atom is -0.371 e. The molecule has 0 bridgehead atoms. The molecule has 2 nitrogen and oxygen atoms in total. The van der Waals surface area contributed by atoms with Crippen LogP contribution >= 0.6 is 0 Å². The van der Waals surface area contributed by atoms with Crippen molar-refractivity contribution in [2.45, 2.75) is 46.6 Å². The predicted molar refractivity (Wildman–Crippen MR) is 83.7 cm³/mol. The summed E-state index contributed by atoms with van der Waals surface area (Å²) >= 11 is 0. The lowest BCUT2D eigenvalue weighted by molar-refractivity contribution is 0.418. The second kappa shape index (κ2) is 6.13. The van der Waals surface area contributed by atoms with Gasteiger partial charge in [0, 0.05) is 30.4 Å². The van der Waals surface area contributed by atoms with Gasteiger partial charge in [-0.1, -0.05) is 26.8 Å². The van der Waals surface area contributed by atoms with Gasteiger partial charge in [0.25, 0.3) is 0 Å². The molecule has 1 saturated heterocycles.